The molecule has 1 rings (SSSR count). The molecule has 0 saturated carbocycles. The van der Waals surface area contributed by atoms with Crippen molar-refractivity contribution in [2.75, 3.05) is 0 Å². The average molecular weight is 205 g/mol. The third-order valence-electron chi connectivity index (χ3n) is 1.30. The van der Waals surface area contributed by atoms with E-state index in [1.807, 2.05) is 0 Å². The topological polar surface area (TPSA) is 46.5 Å². The van der Waals surface area contributed by atoms with Gasteiger partial charge in [0.2, 0.25) is 0 Å². The summed E-state index contributed by atoms with van der Waals surface area (Å²) in [6, 6.07) is 1.92. The van der Waals surface area contributed by atoms with E-state index in [1.54, 1.807) is 0 Å². The Bertz CT molecular complexity index is 422. The third kappa shape index (κ3) is 2.09. The molecular weight excluding hydrogens is 200 g/mol. The molecule has 3 nitrogen and oxygen atoms in total. The van der Waals surface area contributed by atoms with Crippen LogP contribution in [0.3, 0.4) is 0 Å². The summed E-state index contributed by atoms with van der Waals surface area (Å²) in [7, 11) is -4.01. The maximum Gasteiger partial charge on any atom is 0.281 e. The normalized spacial score (nSPS) is 11.2. The van der Waals surface area contributed by atoms with Crippen LogP contribution < -0.4 is 0 Å². The molecule has 70 valence electrons. The molecule has 0 saturated heterocycles. The van der Waals surface area contributed by atoms with Crippen LogP contribution in [-0.4, -0.2) is 15.1 Å². The van der Waals surface area contributed by atoms with E-state index in [2.05, 4.69) is 11.1 Å². The van der Waals surface area contributed by atoms with Gasteiger partial charge in [-0.15, -0.1) is 0 Å². The Balaban J connectivity index is 3.40. The molecule has 0 spiro atoms. The fourth-order valence-electron chi connectivity index (χ4n) is 0.752. The van der Waals surface area contributed by atoms with Gasteiger partial charge in [-0.25, -0.2) is 8.78 Å². The van der Waals surface area contributed by atoms with Gasteiger partial charge in [0.05, 0.1) is 4.90 Å². The predicted octanol–water partition coefficient (Wildman–Crippen LogP) is 1.35. The van der Waals surface area contributed by atoms with E-state index in [0.717, 1.165) is 0 Å². The van der Waals surface area contributed by atoms with Gasteiger partial charge < -0.3 is 0 Å². The van der Waals surface area contributed by atoms with E-state index in [1.165, 1.54) is 0 Å². The number of hydrogen-bond acceptors (Lipinski definition) is 2. The van der Waals surface area contributed by atoms with Gasteiger partial charge >= 0.3 is 0 Å². The van der Waals surface area contributed by atoms with E-state index < -0.39 is 26.6 Å². The van der Waals surface area contributed by atoms with Crippen molar-refractivity contribution in [3.63, 3.8) is 0 Å². The molecule has 0 aliphatic rings. The molecule has 0 bridgehead atoms. The van der Waals surface area contributed by atoms with E-state index in [9.17, 15) is 17.2 Å². The summed E-state index contributed by atoms with van der Waals surface area (Å²) in [5.74, 6) is -1.94. The molecule has 0 fully saturated rings. The van der Waals surface area contributed by atoms with Crippen molar-refractivity contribution in [3.05, 3.63) is 29.8 Å². The summed E-state index contributed by atoms with van der Waals surface area (Å²) in [5, 5.41) is 0. The monoisotopic (exact) mass is 205 g/mol. The Morgan fingerprint density at radius 1 is 1.15 bits per heavy atom. The predicted molar refractivity (Wildman–Crippen MR) is 43.1 cm³/mol. The van der Waals surface area contributed by atoms with E-state index in [0.29, 0.717) is 18.2 Å². The second-order valence-corrected chi connectivity index (χ2v) is 3.89. The lowest BCUT2D eigenvalue weighted by molar-refractivity contribution is 0.567. The van der Waals surface area contributed by atoms with Gasteiger partial charge in [-0.3, -0.25) is 0 Å². The van der Waals surface area contributed by atoms with Crippen LogP contribution in [0.5, 0.6) is 0 Å². The minimum absolute atomic E-state index is 0.542. The van der Waals surface area contributed by atoms with Crippen LogP contribution >= 0.6 is 0 Å². The number of nitrogens with zero attached hydrogens (tertiary/aromatic N) is 1. The summed E-state index contributed by atoms with van der Waals surface area (Å²) < 4.78 is 49.7. The molecular formula is C7H5F2NO2S. The molecule has 1 aromatic rings. The lowest BCUT2D eigenvalue weighted by Crippen LogP contribution is -1.97. The summed E-state index contributed by atoms with van der Waals surface area (Å²) in [5.41, 5.74) is 0. The van der Waals surface area contributed by atoms with E-state index >= 15 is 0 Å². The van der Waals surface area contributed by atoms with Gasteiger partial charge in [0.15, 0.2) is 0 Å². The highest BCUT2D eigenvalue weighted by Gasteiger charge is 2.13. The van der Waals surface area contributed by atoms with Crippen molar-refractivity contribution >= 4 is 16.7 Å². The molecule has 0 aromatic heterocycles. The van der Waals surface area contributed by atoms with Crippen LogP contribution in [0.4, 0.5) is 8.78 Å². The first-order chi connectivity index (χ1) is 5.95. The standard InChI is InChI=1S/C7H5F2NO2S/c1-10-13(11,12)7-3-5(8)2-6(9)4-7/h2-4H,1H2. The van der Waals surface area contributed by atoms with Gasteiger partial charge in [0.1, 0.15) is 11.6 Å². The number of hydrogen-bond donors (Lipinski definition) is 0. The smallest absolute Gasteiger partial charge is 0.207 e. The van der Waals surface area contributed by atoms with Crippen molar-refractivity contribution in [1.29, 1.82) is 0 Å². The maximum atomic E-state index is 12.5. The summed E-state index contributed by atoms with van der Waals surface area (Å²) >= 11 is 0. The van der Waals surface area contributed by atoms with Gasteiger partial charge in [0.25, 0.3) is 10.0 Å². The van der Waals surface area contributed by atoms with Crippen LogP contribution in [0, 0.1) is 11.6 Å². The highest BCUT2D eigenvalue weighted by Crippen LogP contribution is 2.15. The molecule has 1 aromatic carbocycles. The number of benzene rings is 1. The molecule has 0 aliphatic heterocycles. The lowest BCUT2D eigenvalue weighted by Gasteiger charge is -1.97. The number of halogens is 2. The summed E-state index contributed by atoms with van der Waals surface area (Å²) in [6.07, 6.45) is 0. The Kier molecular flexibility index (Phi) is 2.42. The number of rotatable bonds is 2. The summed E-state index contributed by atoms with van der Waals surface area (Å²) in [4.78, 5) is -0.542. The minimum Gasteiger partial charge on any atom is -0.207 e. The van der Waals surface area contributed by atoms with Gasteiger partial charge in [-0.2, -0.15) is 12.8 Å². The second-order valence-electron chi connectivity index (χ2n) is 2.21. The quantitative estimate of drug-likeness (QED) is 0.684. The molecule has 13 heavy (non-hydrogen) atoms. The van der Waals surface area contributed by atoms with Gasteiger partial charge in [-0.1, -0.05) is 0 Å². The largest absolute Gasteiger partial charge is 0.281 e. The summed E-state index contributed by atoms with van der Waals surface area (Å²) in [6.45, 7) is 2.79. The first kappa shape index (κ1) is 9.79. The zero-order valence-corrected chi connectivity index (χ0v) is 7.18. The Labute approximate surface area is 73.8 Å². The van der Waals surface area contributed by atoms with Crippen LogP contribution in [0.25, 0.3) is 0 Å². The van der Waals surface area contributed by atoms with Crippen molar-refractivity contribution in [2.24, 2.45) is 4.40 Å². The fraction of sp³-hybridized carbons (Fsp3) is 0. The van der Waals surface area contributed by atoms with E-state index in [4.69, 9.17) is 0 Å². The van der Waals surface area contributed by atoms with Crippen molar-refractivity contribution in [2.45, 2.75) is 4.90 Å². The van der Waals surface area contributed by atoms with Crippen LogP contribution in [0.2, 0.25) is 0 Å². The van der Waals surface area contributed by atoms with Crippen LogP contribution in [0.15, 0.2) is 27.5 Å². The van der Waals surface area contributed by atoms with Gasteiger partial charge in [0, 0.05) is 12.8 Å². The Hall–Kier alpha value is -1.30. The van der Waals surface area contributed by atoms with E-state index in [-0.39, 0.29) is 0 Å². The minimum atomic E-state index is -4.01. The molecule has 0 unspecified atom stereocenters. The van der Waals surface area contributed by atoms with Crippen molar-refractivity contribution in [1.82, 2.24) is 0 Å². The molecule has 0 aliphatic carbocycles. The second kappa shape index (κ2) is 3.21. The van der Waals surface area contributed by atoms with Crippen LogP contribution in [0.1, 0.15) is 0 Å². The van der Waals surface area contributed by atoms with Crippen molar-refractivity contribution in [3.8, 4) is 0 Å². The third-order valence-corrected chi connectivity index (χ3v) is 2.48. The average Bonchev–Trinajstić information content (AvgIpc) is 2.02. The Morgan fingerprint density at radius 2 is 1.62 bits per heavy atom. The first-order valence-electron chi connectivity index (χ1n) is 3.15. The first-order valence-corrected chi connectivity index (χ1v) is 4.59. The molecule has 6 heteroatoms. The highest BCUT2D eigenvalue weighted by molar-refractivity contribution is 7.90. The van der Waals surface area contributed by atoms with Crippen LogP contribution in [-0.2, 0) is 10.0 Å². The maximum absolute atomic E-state index is 12.5. The fourth-order valence-corrected chi connectivity index (χ4v) is 1.42. The molecule has 0 atom stereocenters. The number of sulfonamides is 1. The molecule has 0 amide bonds. The van der Waals surface area contributed by atoms with Crippen molar-refractivity contribution < 1.29 is 17.2 Å². The lowest BCUT2D eigenvalue weighted by atomic mass is 10.3. The van der Waals surface area contributed by atoms with Gasteiger partial charge in [-0.05, 0) is 12.1 Å². The Morgan fingerprint density at radius 3 is 2.00 bits per heavy atom. The highest BCUT2D eigenvalue weighted by atomic mass is 32.2. The molecule has 0 N–H and O–H groups in total. The molecule has 0 radical (unpaired) electrons. The molecule has 0 heterocycles. The SMILES string of the molecule is C=NS(=O)(=O)c1cc(F)cc(F)c1. The zero-order valence-electron chi connectivity index (χ0n) is 6.37. The zero-order chi connectivity index (χ0) is 10.1.